The van der Waals surface area contributed by atoms with Crippen molar-refractivity contribution < 1.29 is 4.79 Å². The SMILES string of the molecule is O=C1Nc2ncccc2C12Cc1cccnc1C2. The van der Waals surface area contributed by atoms with E-state index >= 15 is 0 Å². The number of nitrogens with one attached hydrogen (secondary N) is 1. The van der Waals surface area contributed by atoms with E-state index in [0.717, 1.165) is 17.7 Å². The van der Waals surface area contributed by atoms with E-state index in [1.807, 2.05) is 18.2 Å². The molecule has 1 atom stereocenters. The lowest BCUT2D eigenvalue weighted by Gasteiger charge is -2.19. The summed E-state index contributed by atoms with van der Waals surface area (Å²) in [7, 11) is 0. The van der Waals surface area contributed by atoms with Crippen LogP contribution in [-0.2, 0) is 23.1 Å². The van der Waals surface area contributed by atoms with Gasteiger partial charge in [-0.05, 0) is 24.1 Å². The summed E-state index contributed by atoms with van der Waals surface area (Å²) in [5.41, 5.74) is 2.72. The van der Waals surface area contributed by atoms with Gasteiger partial charge in [0.05, 0.1) is 5.41 Å². The normalized spacial score (nSPS) is 23.9. The van der Waals surface area contributed by atoms with Gasteiger partial charge in [-0.1, -0.05) is 12.1 Å². The number of pyridine rings is 2. The predicted molar refractivity (Wildman–Crippen MR) is 66.2 cm³/mol. The first kappa shape index (κ1) is 9.76. The van der Waals surface area contributed by atoms with Gasteiger partial charge in [0, 0.05) is 30.1 Å². The summed E-state index contributed by atoms with van der Waals surface area (Å²) < 4.78 is 0. The quantitative estimate of drug-likeness (QED) is 0.754. The summed E-state index contributed by atoms with van der Waals surface area (Å²) >= 11 is 0. The number of aromatic nitrogens is 2. The molecule has 4 rings (SSSR count). The van der Waals surface area contributed by atoms with Gasteiger partial charge < -0.3 is 5.32 Å². The Labute approximate surface area is 104 Å². The molecule has 4 nitrogen and oxygen atoms in total. The van der Waals surface area contributed by atoms with Crippen LogP contribution in [0.15, 0.2) is 36.7 Å². The number of carbonyl (C=O) groups is 1. The molecule has 3 heterocycles. The fourth-order valence-electron chi connectivity index (χ4n) is 3.06. The van der Waals surface area contributed by atoms with E-state index in [2.05, 4.69) is 21.4 Å². The van der Waals surface area contributed by atoms with Crippen molar-refractivity contribution in [2.75, 3.05) is 5.32 Å². The van der Waals surface area contributed by atoms with Crippen molar-refractivity contribution in [3.8, 4) is 0 Å². The lowest BCUT2D eigenvalue weighted by atomic mass is 9.80. The second-order valence-electron chi connectivity index (χ2n) is 4.90. The summed E-state index contributed by atoms with van der Waals surface area (Å²) in [4.78, 5) is 21.0. The fourth-order valence-corrected chi connectivity index (χ4v) is 3.06. The number of fused-ring (bicyclic) bond motifs is 3. The molecule has 1 unspecified atom stereocenters. The van der Waals surface area contributed by atoms with E-state index in [0.29, 0.717) is 12.2 Å². The molecule has 0 saturated carbocycles. The van der Waals surface area contributed by atoms with E-state index in [9.17, 15) is 4.79 Å². The highest BCUT2D eigenvalue weighted by Crippen LogP contribution is 2.45. The summed E-state index contributed by atoms with van der Waals surface area (Å²) in [6.07, 6.45) is 4.89. The van der Waals surface area contributed by atoms with Crippen LogP contribution in [-0.4, -0.2) is 15.9 Å². The summed E-state index contributed by atoms with van der Waals surface area (Å²) in [5.74, 6) is 0.754. The highest BCUT2D eigenvalue weighted by molar-refractivity contribution is 6.06. The first-order chi connectivity index (χ1) is 8.79. The zero-order valence-electron chi connectivity index (χ0n) is 9.68. The predicted octanol–water partition coefficient (Wildman–Crippen LogP) is 1.47. The number of hydrogen-bond donors (Lipinski definition) is 1. The average molecular weight is 237 g/mol. The summed E-state index contributed by atoms with van der Waals surface area (Å²) in [6.45, 7) is 0. The van der Waals surface area contributed by atoms with Crippen LogP contribution in [0.2, 0.25) is 0 Å². The molecule has 18 heavy (non-hydrogen) atoms. The zero-order chi connectivity index (χ0) is 12.2. The van der Waals surface area contributed by atoms with Gasteiger partial charge in [0.15, 0.2) is 0 Å². The second kappa shape index (κ2) is 3.16. The fraction of sp³-hybridized carbons (Fsp3) is 0.214. The van der Waals surface area contributed by atoms with Crippen molar-refractivity contribution in [1.29, 1.82) is 0 Å². The molecule has 1 N–H and O–H groups in total. The highest BCUT2D eigenvalue weighted by Gasteiger charge is 2.51. The van der Waals surface area contributed by atoms with Crippen molar-refractivity contribution in [3.63, 3.8) is 0 Å². The monoisotopic (exact) mass is 237 g/mol. The van der Waals surface area contributed by atoms with Crippen molar-refractivity contribution in [3.05, 3.63) is 53.5 Å². The summed E-state index contributed by atoms with van der Waals surface area (Å²) in [6, 6.07) is 7.86. The molecule has 0 saturated heterocycles. The molecule has 1 spiro atoms. The average Bonchev–Trinajstić information content (AvgIpc) is 2.90. The molecular formula is C14H11N3O. The summed E-state index contributed by atoms with van der Waals surface area (Å²) in [5, 5.41) is 2.89. The molecule has 0 aromatic carbocycles. The first-order valence-electron chi connectivity index (χ1n) is 5.99. The Morgan fingerprint density at radius 3 is 2.83 bits per heavy atom. The molecule has 88 valence electrons. The standard InChI is InChI=1S/C14H11N3O/c18-13-14(10-4-2-6-16-12(10)17-13)7-9-3-1-5-15-11(9)8-14/h1-6H,7-8H2,(H,16,17,18). The van der Waals surface area contributed by atoms with E-state index in [-0.39, 0.29) is 5.91 Å². The van der Waals surface area contributed by atoms with Gasteiger partial charge in [0.25, 0.3) is 0 Å². The van der Waals surface area contributed by atoms with E-state index in [4.69, 9.17) is 0 Å². The van der Waals surface area contributed by atoms with Crippen molar-refractivity contribution in [2.24, 2.45) is 0 Å². The van der Waals surface area contributed by atoms with Gasteiger partial charge in [-0.15, -0.1) is 0 Å². The molecular weight excluding hydrogens is 226 g/mol. The van der Waals surface area contributed by atoms with Crippen molar-refractivity contribution in [2.45, 2.75) is 18.3 Å². The van der Waals surface area contributed by atoms with E-state index in [1.54, 1.807) is 12.4 Å². The molecule has 2 aromatic rings. The Hall–Kier alpha value is -2.23. The Morgan fingerprint density at radius 2 is 1.94 bits per heavy atom. The minimum absolute atomic E-state index is 0.0502. The van der Waals surface area contributed by atoms with Crippen molar-refractivity contribution >= 4 is 11.7 Å². The van der Waals surface area contributed by atoms with Crippen molar-refractivity contribution in [1.82, 2.24) is 9.97 Å². The lowest BCUT2D eigenvalue weighted by Crippen LogP contribution is -2.35. The molecule has 0 bridgehead atoms. The Bertz CT molecular complexity index is 641. The topological polar surface area (TPSA) is 54.9 Å². The molecule has 0 fully saturated rings. The smallest absolute Gasteiger partial charge is 0.237 e. The van der Waals surface area contributed by atoms with Crippen LogP contribution >= 0.6 is 0 Å². The maximum Gasteiger partial charge on any atom is 0.237 e. The molecule has 1 amide bonds. The molecule has 0 radical (unpaired) electrons. The van der Waals surface area contributed by atoms with Crippen LogP contribution in [0.25, 0.3) is 0 Å². The molecule has 1 aliphatic heterocycles. The minimum atomic E-state index is -0.486. The lowest BCUT2D eigenvalue weighted by molar-refractivity contribution is -0.120. The maximum atomic E-state index is 12.3. The molecule has 2 aliphatic rings. The number of hydrogen-bond acceptors (Lipinski definition) is 3. The molecule has 1 aliphatic carbocycles. The van der Waals surface area contributed by atoms with Crippen LogP contribution in [0.5, 0.6) is 0 Å². The number of nitrogens with zero attached hydrogens (tertiary/aromatic N) is 2. The minimum Gasteiger partial charge on any atom is -0.310 e. The third kappa shape index (κ3) is 1.07. The molecule has 2 aromatic heterocycles. The van der Waals surface area contributed by atoms with Gasteiger partial charge in [0.2, 0.25) is 5.91 Å². The van der Waals surface area contributed by atoms with Crippen LogP contribution in [0.3, 0.4) is 0 Å². The number of carbonyl (C=O) groups excluding carboxylic acids is 1. The first-order valence-corrected chi connectivity index (χ1v) is 5.99. The van der Waals surface area contributed by atoms with Crippen LogP contribution in [0.4, 0.5) is 5.82 Å². The zero-order valence-corrected chi connectivity index (χ0v) is 9.68. The second-order valence-corrected chi connectivity index (χ2v) is 4.90. The van der Waals surface area contributed by atoms with Gasteiger partial charge >= 0.3 is 0 Å². The van der Waals surface area contributed by atoms with Gasteiger partial charge in [0.1, 0.15) is 5.82 Å². The Morgan fingerprint density at radius 1 is 1.11 bits per heavy atom. The number of amides is 1. The van der Waals surface area contributed by atoms with Crippen LogP contribution in [0, 0.1) is 0 Å². The Kier molecular flexibility index (Phi) is 1.71. The maximum absolute atomic E-state index is 12.3. The number of anilines is 1. The van der Waals surface area contributed by atoms with Crippen LogP contribution in [0.1, 0.15) is 16.8 Å². The van der Waals surface area contributed by atoms with Gasteiger partial charge in [-0.2, -0.15) is 0 Å². The molecule has 4 heteroatoms. The third-order valence-corrected chi connectivity index (χ3v) is 3.94. The largest absolute Gasteiger partial charge is 0.310 e. The van der Waals surface area contributed by atoms with Gasteiger partial charge in [-0.25, -0.2) is 4.98 Å². The van der Waals surface area contributed by atoms with E-state index in [1.165, 1.54) is 5.56 Å². The Balaban J connectivity index is 1.90. The van der Waals surface area contributed by atoms with Gasteiger partial charge in [-0.3, -0.25) is 9.78 Å². The van der Waals surface area contributed by atoms with E-state index < -0.39 is 5.41 Å². The third-order valence-electron chi connectivity index (χ3n) is 3.94. The number of rotatable bonds is 0. The highest BCUT2D eigenvalue weighted by atomic mass is 16.2. The van der Waals surface area contributed by atoms with Crippen LogP contribution < -0.4 is 5.32 Å².